The number of thioether (sulfide) groups is 1. The van der Waals surface area contributed by atoms with Crippen molar-refractivity contribution in [1.82, 2.24) is 10.2 Å². The monoisotopic (exact) mass is 366 g/mol. The number of carbonyl (C=O) groups excluding carboxylic acids is 3. The minimum atomic E-state index is -0.571. The number of benzene rings is 1. The van der Waals surface area contributed by atoms with Gasteiger partial charge in [-0.3, -0.25) is 9.59 Å². The molecule has 0 spiro atoms. The number of hydrogen-bond donors (Lipinski definition) is 1. The summed E-state index contributed by atoms with van der Waals surface area (Å²) in [5.41, 5.74) is 0.355. The first-order chi connectivity index (χ1) is 11.8. The molecule has 0 heterocycles. The molecule has 1 aromatic rings. The first-order valence-electron chi connectivity index (χ1n) is 8.23. The Bertz CT molecular complexity index is 604. The zero-order valence-electron chi connectivity index (χ0n) is 15.2. The van der Waals surface area contributed by atoms with Gasteiger partial charge in [0, 0.05) is 25.0 Å². The van der Waals surface area contributed by atoms with Gasteiger partial charge in [-0.05, 0) is 25.5 Å². The van der Waals surface area contributed by atoms with Gasteiger partial charge in [0.25, 0.3) is 5.91 Å². The summed E-state index contributed by atoms with van der Waals surface area (Å²) in [7, 11) is 3.36. The summed E-state index contributed by atoms with van der Waals surface area (Å²) in [6, 6.07) is 6.95. The lowest BCUT2D eigenvalue weighted by atomic mass is 10.2. The third-order valence-corrected chi connectivity index (χ3v) is 4.48. The van der Waals surface area contributed by atoms with Crippen LogP contribution in [0.4, 0.5) is 0 Å². The van der Waals surface area contributed by atoms with Crippen molar-refractivity contribution >= 4 is 29.5 Å². The fourth-order valence-corrected chi connectivity index (χ4v) is 3.08. The van der Waals surface area contributed by atoms with Gasteiger partial charge in [0.05, 0.1) is 11.3 Å². The zero-order chi connectivity index (χ0) is 18.8. The lowest BCUT2D eigenvalue weighted by Gasteiger charge is -2.14. The summed E-state index contributed by atoms with van der Waals surface area (Å²) < 4.78 is 5.10. The van der Waals surface area contributed by atoms with E-state index < -0.39 is 5.97 Å². The van der Waals surface area contributed by atoms with E-state index in [1.165, 1.54) is 16.7 Å². The predicted molar refractivity (Wildman–Crippen MR) is 98.7 cm³/mol. The third-order valence-electron chi connectivity index (χ3n) is 3.42. The van der Waals surface area contributed by atoms with Crippen molar-refractivity contribution in [3.8, 4) is 0 Å². The molecule has 0 bridgehead atoms. The van der Waals surface area contributed by atoms with Crippen molar-refractivity contribution in [3.63, 3.8) is 0 Å². The van der Waals surface area contributed by atoms with Crippen LogP contribution in [0.25, 0.3) is 0 Å². The highest BCUT2D eigenvalue weighted by atomic mass is 32.2. The molecule has 0 aliphatic heterocycles. The van der Waals surface area contributed by atoms with Gasteiger partial charge in [-0.2, -0.15) is 0 Å². The Balaban J connectivity index is 2.60. The number of nitrogens with zero attached hydrogens (tertiary/aromatic N) is 1. The molecule has 1 atom stereocenters. The number of carbonyl (C=O) groups is 3. The normalized spacial score (nSPS) is 11.5. The summed E-state index contributed by atoms with van der Waals surface area (Å²) in [6.45, 7) is 3.64. The highest BCUT2D eigenvalue weighted by Crippen LogP contribution is 2.23. The van der Waals surface area contributed by atoms with Gasteiger partial charge in [0.1, 0.15) is 0 Å². The van der Waals surface area contributed by atoms with Crippen LogP contribution in [-0.2, 0) is 14.3 Å². The Kier molecular flexibility index (Phi) is 9.05. The molecule has 7 heteroatoms. The van der Waals surface area contributed by atoms with Crippen molar-refractivity contribution in [1.29, 1.82) is 0 Å². The van der Waals surface area contributed by atoms with Crippen molar-refractivity contribution in [2.24, 2.45) is 0 Å². The Labute approximate surface area is 153 Å². The summed E-state index contributed by atoms with van der Waals surface area (Å²) in [6.07, 6.45) is 1.84. The molecule has 25 heavy (non-hydrogen) atoms. The molecule has 0 unspecified atom stereocenters. The molecule has 0 saturated carbocycles. The maximum absolute atomic E-state index is 12.2. The third kappa shape index (κ3) is 7.60. The topological polar surface area (TPSA) is 75.7 Å². The van der Waals surface area contributed by atoms with E-state index in [2.05, 4.69) is 5.32 Å². The predicted octanol–water partition coefficient (Wildman–Crippen LogP) is 2.33. The van der Waals surface area contributed by atoms with Crippen LogP contribution in [0.2, 0.25) is 0 Å². The van der Waals surface area contributed by atoms with Crippen LogP contribution < -0.4 is 5.32 Å². The number of hydrogen-bond acceptors (Lipinski definition) is 5. The fourth-order valence-electron chi connectivity index (χ4n) is 2.06. The van der Waals surface area contributed by atoms with Crippen LogP contribution in [0.5, 0.6) is 0 Å². The second-order valence-corrected chi connectivity index (χ2v) is 6.92. The molecule has 0 fully saturated rings. The molecule has 1 rings (SSSR count). The molecular weight excluding hydrogens is 340 g/mol. The molecule has 1 N–H and O–H groups in total. The SMILES string of the molecule is CCC[C@@H](C)NC(=O)COC(=O)c1ccccc1SCC(=O)N(C)C. The van der Waals surface area contributed by atoms with E-state index in [1.807, 2.05) is 13.8 Å². The standard InChI is InChI=1S/C18H26N2O4S/c1-5-8-13(2)19-16(21)11-24-18(23)14-9-6-7-10-15(14)25-12-17(22)20(3)4/h6-7,9-10,13H,5,8,11-12H2,1-4H3,(H,19,21)/t13-/m1/s1. The van der Waals surface area contributed by atoms with E-state index in [-0.39, 0.29) is 30.2 Å². The molecule has 138 valence electrons. The first kappa shape index (κ1) is 21.0. The van der Waals surface area contributed by atoms with E-state index in [0.717, 1.165) is 12.8 Å². The summed E-state index contributed by atoms with van der Waals surface area (Å²) in [5, 5.41) is 2.78. The molecule has 2 amide bonds. The Morgan fingerprint density at radius 2 is 1.92 bits per heavy atom. The van der Waals surface area contributed by atoms with Crippen LogP contribution in [0.1, 0.15) is 37.0 Å². The van der Waals surface area contributed by atoms with Gasteiger partial charge < -0.3 is 15.0 Å². The van der Waals surface area contributed by atoms with Gasteiger partial charge in [0.2, 0.25) is 5.91 Å². The maximum atomic E-state index is 12.2. The largest absolute Gasteiger partial charge is 0.452 e. The second-order valence-electron chi connectivity index (χ2n) is 5.91. The molecular formula is C18H26N2O4S. The average Bonchev–Trinajstić information content (AvgIpc) is 2.57. The number of ether oxygens (including phenoxy) is 1. The van der Waals surface area contributed by atoms with E-state index in [4.69, 9.17) is 4.74 Å². The summed E-state index contributed by atoms with van der Waals surface area (Å²) >= 11 is 1.27. The summed E-state index contributed by atoms with van der Waals surface area (Å²) in [5.74, 6) is -0.704. The van der Waals surface area contributed by atoms with Crippen molar-refractivity contribution in [2.45, 2.75) is 37.6 Å². The number of esters is 1. The van der Waals surface area contributed by atoms with Crippen LogP contribution in [0.15, 0.2) is 29.2 Å². The number of rotatable bonds is 9. The summed E-state index contributed by atoms with van der Waals surface area (Å²) in [4.78, 5) is 37.9. The van der Waals surface area contributed by atoms with Gasteiger partial charge in [0.15, 0.2) is 6.61 Å². The quantitative estimate of drug-likeness (QED) is 0.536. The number of amides is 2. The number of nitrogens with one attached hydrogen (secondary N) is 1. The molecule has 0 saturated heterocycles. The minimum absolute atomic E-state index is 0.0440. The highest BCUT2D eigenvalue weighted by Gasteiger charge is 2.16. The van der Waals surface area contributed by atoms with Crippen LogP contribution in [0.3, 0.4) is 0 Å². The smallest absolute Gasteiger partial charge is 0.339 e. The van der Waals surface area contributed by atoms with E-state index in [0.29, 0.717) is 10.5 Å². The van der Waals surface area contributed by atoms with Crippen LogP contribution >= 0.6 is 11.8 Å². The maximum Gasteiger partial charge on any atom is 0.339 e. The van der Waals surface area contributed by atoms with Crippen LogP contribution in [-0.4, -0.2) is 55.2 Å². The molecule has 1 aromatic carbocycles. The van der Waals surface area contributed by atoms with E-state index in [9.17, 15) is 14.4 Å². The van der Waals surface area contributed by atoms with Crippen molar-refractivity contribution in [3.05, 3.63) is 29.8 Å². The van der Waals surface area contributed by atoms with Gasteiger partial charge in [-0.1, -0.05) is 25.5 Å². The molecule has 0 aliphatic rings. The zero-order valence-corrected chi connectivity index (χ0v) is 16.0. The van der Waals surface area contributed by atoms with Crippen LogP contribution in [0, 0.1) is 0 Å². The highest BCUT2D eigenvalue weighted by molar-refractivity contribution is 8.00. The minimum Gasteiger partial charge on any atom is -0.452 e. The lowest BCUT2D eigenvalue weighted by molar-refractivity contribution is -0.126. The van der Waals surface area contributed by atoms with Gasteiger partial charge in [-0.15, -0.1) is 11.8 Å². The Morgan fingerprint density at radius 3 is 2.56 bits per heavy atom. The lowest BCUT2D eigenvalue weighted by Crippen LogP contribution is -2.35. The Morgan fingerprint density at radius 1 is 1.24 bits per heavy atom. The van der Waals surface area contributed by atoms with Crippen molar-refractivity contribution in [2.75, 3.05) is 26.5 Å². The molecule has 0 aliphatic carbocycles. The van der Waals surface area contributed by atoms with E-state index in [1.54, 1.807) is 38.4 Å². The van der Waals surface area contributed by atoms with E-state index >= 15 is 0 Å². The fraction of sp³-hybridized carbons (Fsp3) is 0.500. The average molecular weight is 366 g/mol. The molecule has 0 aromatic heterocycles. The van der Waals surface area contributed by atoms with Crippen molar-refractivity contribution < 1.29 is 19.1 Å². The molecule has 6 nitrogen and oxygen atoms in total. The van der Waals surface area contributed by atoms with Gasteiger partial charge >= 0.3 is 5.97 Å². The Hall–Kier alpha value is -2.02. The first-order valence-corrected chi connectivity index (χ1v) is 9.22. The second kappa shape index (κ2) is 10.8. The van der Waals surface area contributed by atoms with Gasteiger partial charge in [-0.25, -0.2) is 4.79 Å². The molecule has 0 radical (unpaired) electrons.